The molecule has 1 rings (SSSR count). The summed E-state index contributed by atoms with van der Waals surface area (Å²) in [7, 11) is -1.06. The van der Waals surface area contributed by atoms with Gasteiger partial charge in [-0.25, -0.2) is 13.6 Å². The first-order valence-corrected chi connectivity index (χ1v) is 5.51. The molecule has 84 valence electrons. The van der Waals surface area contributed by atoms with Gasteiger partial charge in [0.05, 0.1) is 19.2 Å². The summed E-state index contributed by atoms with van der Waals surface area (Å²) in [4.78, 5) is 10.9. The average Bonchev–Trinajstić information content (AvgIpc) is 2.47. The Kier molecular flexibility index (Phi) is 3.10. The Labute approximate surface area is 86.9 Å². The quantitative estimate of drug-likeness (QED) is 0.659. The molecular weight excluding hydrogens is 222 g/mol. The maximum atomic E-state index is 10.9. The minimum Gasteiger partial charge on any atom is -0.469 e. The topological polar surface area (TPSA) is 104 Å². The summed E-state index contributed by atoms with van der Waals surface area (Å²) in [5.41, 5.74) is 0.422. The molecule has 0 saturated heterocycles. The molecule has 0 saturated carbocycles. The Morgan fingerprint density at radius 1 is 1.67 bits per heavy atom. The predicted octanol–water partition coefficient (Wildman–Crippen LogP) is -1.22. The van der Waals surface area contributed by atoms with Crippen LogP contribution in [0, 0.1) is 0 Å². The minimum absolute atomic E-state index is 0.0461. The fraction of sp³-hybridized carbons (Fsp3) is 0.429. The van der Waals surface area contributed by atoms with Crippen LogP contribution in [0.3, 0.4) is 0 Å². The first-order chi connectivity index (χ1) is 6.84. The lowest BCUT2D eigenvalue weighted by Gasteiger charge is -1.98. The lowest BCUT2D eigenvalue weighted by molar-refractivity contribution is -0.139. The number of hydrogen-bond donors (Lipinski definition) is 1. The van der Waals surface area contributed by atoms with Crippen molar-refractivity contribution in [3.8, 4) is 0 Å². The van der Waals surface area contributed by atoms with Gasteiger partial charge in [-0.3, -0.25) is 9.48 Å². The molecule has 0 amide bonds. The second-order valence-corrected chi connectivity index (χ2v) is 4.40. The van der Waals surface area contributed by atoms with Gasteiger partial charge in [0.15, 0.2) is 5.03 Å². The van der Waals surface area contributed by atoms with Gasteiger partial charge in [-0.1, -0.05) is 0 Å². The van der Waals surface area contributed by atoms with Gasteiger partial charge < -0.3 is 4.74 Å². The van der Waals surface area contributed by atoms with Crippen molar-refractivity contribution in [1.29, 1.82) is 0 Å². The molecule has 8 heteroatoms. The highest BCUT2D eigenvalue weighted by Crippen LogP contribution is 2.08. The van der Waals surface area contributed by atoms with Gasteiger partial charge in [0, 0.05) is 13.1 Å². The normalized spacial score (nSPS) is 11.4. The number of hydrogen-bond acceptors (Lipinski definition) is 5. The van der Waals surface area contributed by atoms with Crippen molar-refractivity contribution in [2.75, 3.05) is 7.11 Å². The number of carbonyl (C=O) groups is 1. The summed E-state index contributed by atoms with van der Waals surface area (Å²) in [6.45, 7) is 0. The van der Waals surface area contributed by atoms with Crippen molar-refractivity contribution in [3.05, 3.63) is 11.8 Å². The number of ether oxygens (including phenoxy) is 1. The maximum absolute atomic E-state index is 10.9. The third kappa shape index (κ3) is 2.77. The van der Waals surface area contributed by atoms with E-state index in [1.807, 2.05) is 0 Å². The molecule has 1 aromatic heterocycles. The van der Waals surface area contributed by atoms with Crippen LogP contribution in [-0.4, -0.2) is 31.3 Å². The van der Waals surface area contributed by atoms with Gasteiger partial charge in [0.25, 0.3) is 10.0 Å². The van der Waals surface area contributed by atoms with Gasteiger partial charge >= 0.3 is 5.97 Å². The van der Waals surface area contributed by atoms with Crippen molar-refractivity contribution >= 4 is 16.0 Å². The van der Waals surface area contributed by atoms with Gasteiger partial charge in [-0.05, 0) is 0 Å². The van der Waals surface area contributed by atoms with Gasteiger partial charge in [-0.2, -0.15) is 5.10 Å². The van der Waals surface area contributed by atoms with Crippen LogP contribution in [0.5, 0.6) is 0 Å². The highest BCUT2D eigenvalue weighted by molar-refractivity contribution is 7.89. The van der Waals surface area contributed by atoms with Crippen LogP contribution in [-0.2, 0) is 33.0 Å². The van der Waals surface area contributed by atoms with Gasteiger partial charge in [-0.15, -0.1) is 0 Å². The first kappa shape index (κ1) is 11.7. The van der Waals surface area contributed by atoms with Crippen LogP contribution in [0.4, 0.5) is 0 Å². The Balaban J connectivity index is 3.02. The molecular formula is C7H11N3O4S. The third-order valence-corrected chi connectivity index (χ3v) is 2.58. The Morgan fingerprint density at radius 2 is 2.27 bits per heavy atom. The fourth-order valence-corrected chi connectivity index (χ4v) is 1.54. The number of nitrogens with zero attached hydrogens (tertiary/aromatic N) is 2. The highest BCUT2D eigenvalue weighted by Gasteiger charge is 2.16. The van der Waals surface area contributed by atoms with Crippen LogP contribution in [0.25, 0.3) is 0 Å². The van der Waals surface area contributed by atoms with E-state index in [1.54, 1.807) is 0 Å². The molecule has 0 bridgehead atoms. The number of rotatable bonds is 3. The molecule has 0 spiro atoms. The maximum Gasteiger partial charge on any atom is 0.311 e. The lowest BCUT2D eigenvalue weighted by atomic mass is 10.3. The summed E-state index contributed by atoms with van der Waals surface area (Å²) in [6, 6.07) is 1.24. The first-order valence-electron chi connectivity index (χ1n) is 3.97. The molecule has 0 unspecified atom stereocenters. The molecule has 1 aromatic rings. The smallest absolute Gasteiger partial charge is 0.311 e. The van der Waals surface area contributed by atoms with Gasteiger partial charge in [0.1, 0.15) is 0 Å². The number of primary sulfonamides is 1. The molecule has 0 aliphatic carbocycles. The van der Waals surface area contributed by atoms with E-state index >= 15 is 0 Å². The van der Waals surface area contributed by atoms with Crippen LogP contribution < -0.4 is 5.14 Å². The van der Waals surface area contributed by atoms with E-state index in [0.717, 1.165) is 0 Å². The molecule has 2 N–H and O–H groups in total. The zero-order chi connectivity index (χ0) is 11.6. The SMILES string of the molecule is COC(=O)Cc1cc(S(N)(=O)=O)nn1C. The summed E-state index contributed by atoms with van der Waals surface area (Å²) in [6.07, 6.45) is -0.0461. The van der Waals surface area contributed by atoms with Crippen LogP contribution in [0.1, 0.15) is 5.69 Å². The Bertz CT molecular complexity index is 476. The van der Waals surface area contributed by atoms with E-state index in [1.165, 1.54) is 24.9 Å². The molecule has 15 heavy (non-hydrogen) atoms. The molecule has 0 aliphatic heterocycles. The Hall–Kier alpha value is -1.41. The molecule has 0 atom stereocenters. The monoisotopic (exact) mass is 233 g/mol. The molecule has 0 radical (unpaired) electrons. The standard InChI is InChI=1S/C7H11N3O4S/c1-10-5(4-7(11)14-2)3-6(9-10)15(8,12)13/h3H,4H2,1-2H3,(H2,8,12,13). The predicted molar refractivity (Wildman–Crippen MR) is 50.3 cm³/mol. The second-order valence-electron chi connectivity index (χ2n) is 2.90. The summed E-state index contributed by atoms with van der Waals surface area (Å²) < 4.78 is 27.6. The van der Waals surface area contributed by atoms with Crippen molar-refractivity contribution in [2.24, 2.45) is 12.2 Å². The Morgan fingerprint density at radius 3 is 2.67 bits per heavy atom. The van der Waals surface area contributed by atoms with Crippen molar-refractivity contribution < 1.29 is 17.9 Å². The third-order valence-electron chi connectivity index (χ3n) is 1.80. The summed E-state index contributed by atoms with van der Waals surface area (Å²) in [5.74, 6) is -0.473. The largest absolute Gasteiger partial charge is 0.469 e. The molecule has 1 heterocycles. The van der Waals surface area contributed by atoms with E-state index < -0.39 is 16.0 Å². The van der Waals surface area contributed by atoms with Gasteiger partial charge in [0.2, 0.25) is 0 Å². The molecule has 0 aromatic carbocycles. The average molecular weight is 233 g/mol. The molecule has 0 fully saturated rings. The van der Waals surface area contributed by atoms with Crippen molar-refractivity contribution in [3.63, 3.8) is 0 Å². The van der Waals surface area contributed by atoms with E-state index in [4.69, 9.17) is 5.14 Å². The van der Waals surface area contributed by atoms with Crippen LogP contribution in [0.15, 0.2) is 11.1 Å². The van der Waals surface area contributed by atoms with E-state index in [2.05, 4.69) is 9.84 Å². The number of methoxy groups -OCH3 is 1. The molecule has 7 nitrogen and oxygen atoms in total. The summed E-state index contributed by atoms with van der Waals surface area (Å²) in [5, 5.41) is 8.29. The minimum atomic E-state index is -3.83. The van der Waals surface area contributed by atoms with Crippen LogP contribution in [0.2, 0.25) is 0 Å². The number of esters is 1. The fourth-order valence-electron chi connectivity index (χ4n) is 1.00. The van der Waals surface area contributed by atoms with E-state index in [9.17, 15) is 13.2 Å². The van der Waals surface area contributed by atoms with E-state index in [0.29, 0.717) is 5.69 Å². The van der Waals surface area contributed by atoms with Crippen LogP contribution >= 0.6 is 0 Å². The number of nitrogens with two attached hydrogens (primary N) is 1. The van der Waals surface area contributed by atoms with Crippen molar-refractivity contribution in [1.82, 2.24) is 9.78 Å². The molecule has 0 aliphatic rings. The number of aromatic nitrogens is 2. The zero-order valence-corrected chi connectivity index (χ0v) is 9.11. The number of sulfonamides is 1. The lowest BCUT2D eigenvalue weighted by Crippen LogP contribution is -2.13. The van der Waals surface area contributed by atoms with E-state index in [-0.39, 0.29) is 11.4 Å². The number of carbonyl (C=O) groups excluding carboxylic acids is 1. The summed E-state index contributed by atoms with van der Waals surface area (Å²) >= 11 is 0. The number of aryl methyl sites for hydroxylation is 1. The van der Waals surface area contributed by atoms with Crippen molar-refractivity contribution in [2.45, 2.75) is 11.4 Å². The highest BCUT2D eigenvalue weighted by atomic mass is 32.2. The zero-order valence-electron chi connectivity index (χ0n) is 8.30. The second kappa shape index (κ2) is 3.99.